The first-order chi connectivity index (χ1) is 9.93. The van der Waals surface area contributed by atoms with Gasteiger partial charge in [-0.2, -0.15) is 0 Å². The molecule has 3 atom stereocenters. The molecule has 0 amide bonds. The lowest BCUT2D eigenvalue weighted by molar-refractivity contribution is -0.151. The lowest BCUT2D eigenvalue weighted by atomic mass is 10.1. The summed E-state index contributed by atoms with van der Waals surface area (Å²) in [5, 5.41) is 0.154. The fraction of sp³-hybridized carbons (Fsp3) is 0.765. The first-order valence-corrected chi connectivity index (χ1v) is 12.0. The van der Waals surface area contributed by atoms with Gasteiger partial charge < -0.3 is 13.9 Å². The molecule has 1 aliphatic heterocycles. The Morgan fingerprint density at radius 2 is 1.91 bits per heavy atom. The summed E-state index contributed by atoms with van der Waals surface area (Å²) in [6.45, 7) is 19.1. The highest BCUT2D eigenvalue weighted by molar-refractivity contribution is 14.1. The van der Waals surface area contributed by atoms with Crippen LogP contribution in [0.5, 0.6) is 0 Å². The third-order valence-corrected chi connectivity index (χ3v) is 9.45. The lowest BCUT2D eigenvalue weighted by Crippen LogP contribution is -2.48. The van der Waals surface area contributed by atoms with Crippen LogP contribution in [-0.4, -0.2) is 32.4 Å². The highest BCUT2D eigenvalue weighted by Gasteiger charge is 2.47. The minimum Gasteiger partial charge on any atom is -0.408 e. The van der Waals surface area contributed by atoms with Crippen LogP contribution < -0.4 is 0 Å². The smallest absolute Gasteiger partial charge is 0.193 e. The predicted octanol–water partition coefficient (Wildman–Crippen LogP) is 5.42. The standard InChI is InChI=1S/C17H31IO3Si/c1-9-13(21-22(7,8)16(2,3)4)15-14(11-10-12-18)19-17(5,6)20-15/h9-10,12-15H,1,11H2,2-8H3/b12-10+/t13-,14-,15+/m0/s1. The molecule has 0 aliphatic carbocycles. The van der Waals surface area contributed by atoms with Gasteiger partial charge >= 0.3 is 0 Å². The molecule has 3 nitrogen and oxygen atoms in total. The molecule has 1 aliphatic rings. The number of halogens is 1. The maximum absolute atomic E-state index is 6.53. The van der Waals surface area contributed by atoms with Gasteiger partial charge in [-0.1, -0.05) is 55.5 Å². The van der Waals surface area contributed by atoms with Gasteiger partial charge in [0.1, 0.15) is 6.10 Å². The molecule has 22 heavy (non-hydrogen) atoms. The van der Waals surface area contributed by atoms with Crippen LogP contribution in [-0.2, 0) is 13.9 Å². The van der Waals surface area contributed by atoms with E-state index in [4.69, 9.17) is 13.9 Å². The molecule has 0 aromatic carbocycles. The Morgan fingerprint density at radius 3 is 2.36 bits per heavy atom. The molecular weight excluding hydrogens is 407 g/mol. The van der Waals surface area contributed by atoms with Gasteiger partial charge in [-0.15, -0.1) is 6.58 Å². The Morgan fingerprint density at radius 1 is 1.32 bits per heavy atom. The third-order valence-electron chi connectivity index (χ3n) is 4.47. The molecule has 1 fully saturated rings. The highest BCUT2D eigenvalue weighted by Crippen LogP contribution is 2.40. The van der Waals surface area contributed by atoms with Crippen molar-refractivity contribution in [2.24, 2.45) is 0 Å². The molecule has 0 bridgehead atoms. The number of hydrogen-bond acceptors (Lipinski definition) is 3. The molecule has 0 N–H and O–H groups in total. The second kappa shape index (κ2) is 7.47. The molecule has 0 saturated carbocycles. The van der Waals surface area contributed by atoms with E-state index in [1.165, 1.54) is 0 Å². The van der Waals surface area contributed by atoms with Crippen molar-refractivity contribution < 1.29 is 13.9 Å². The summed E-state index contributed by atoms with van der Waals surface area (Å²) in [6.07, 6.45) is 4.53. The summed E-state index contributed by atoms with van der Waals surface area (Å²) in [6, 6.07) is 0. The summed E-state index contributed by atoms with van der Waals surface area (Å²) in [4.78, 5) is 0. The van der Waals surface area contributed by atoms with E-state index in [1.807, 2.05) is 24.0 Å². The van der Waals surface area contributed by atoms with E-state index in [9.17, 15) is 0 Å². The summed E-state index contributed by atoms with van der Waals surface area (Å²) in [5.74, 6) is -0.577. The maximum atomic E-state index is 6.53. The Bertz CT molecular complexity index is 413. The number of hydrogen-bond donors (Lipinski definition) is 0. The Hall–Kier alpha value is 0.307. The molecule has 0 aromatic rings. The Labute approximate surface area is 150 Å². The van der Waals surface area contributed by atoms with Crippen molar-refractivity contribution in [2.75, 3.05) is 0 Å². The minimum atomic E-state index is -1.89. The Kier molecular flexibility index (Phi) is 6.91. The zero-order valence-corrected chi connectivity index (χ0v) is 18.1. The van der Waals surface area contributed by atoms with Crippen LogP contribution >= 0.6 is 22.6 Å². The normalized spacial score (nSPS) is 27.3. The van der Waals surface area contributed by atoms with E-state index < -0.39 is 14.1 Å². The van der Waals surface area contributed by atoms with Gasteiger partial charge in [0.15, 0.2) is 14.1 Å². The molecule has 1 heterocycles. The highest BCUT2D eigenvalue weighted by atomic mass is 127. The summed E-state index contributed by atoms with van der Waals surface area (Å²) in [5.41, 5.74) is 0. The first-order valence-electron chi connectivity index (χ1n) is 7.85. The predicted molar refractivity (Wildman–Crippen MR) is 104 cm³/mol. The van der Waals surface area contributed by atoms with Gasteiger partial charge in [0, 0.05) is 0 Å². The van der Waals surface area contributed by atoms with Crippen molar-refractivity contribution in [3.8, 4) is 0 Å². The summed E-state index contributed by atoms with van der Waals surface area (Å²) in [7, 11) is -1.89. The zero-order valence-electron chi connectivity index (χ0n) is 15.0. The van der Waals surface area contributed by atoms with E-state index in [0.717, 1.165) is 6.42 Å². The van der Waals surface area contributed by atoms with E-state index in [0.29, 0.717) is 0 Å². The van der Waals surface area contributed by atoms with Gasteiger partial charge in [-0.3, -0.25) is 0 Å². The molecule has 5 heteroatoms. The second-order valence-electron chi connectivity index (χ2n) is 7.81. The lowest BCUT2D eigenvalue weighted by Gasteiger charge is -2.40. The molecule has 1 rings (SSSR count). The fourth-order valence-corrected chi connectivity index (χ4v) is 3.83. The van der Waals surface area contributed by atoms with Gasteiger partial charge in [0.2, 0.25) is 0 Å². The van der Waals surface area contributed by atoms with Crippen molar-refractivity contribution in [2.45, 2.75) is 83.3 Å². The van der Waals surface area contributed by atoms with Crippen LogP contribution in [0.25, 0.3) is 0 Å². The van der Waals surface area contributed by atoms with Crippen molar-refractivity contribution in [1.29, 1.82) is 0 Å². The van der Waals surface area contributed by atoms with Crippen molar-refractivity contribution in [1.82, 2.24) is 0 Å². The average Bonchev–Trinajstić information content (AvgIpc) is 2.67. The van der Waals surface area contributed by atoms with Crippen LogP contribution in [0, 0.1) is 0 Å². The van der Waals surface area contributed by atoms with Gasteiger partial charge in [0.25, 0.3) is 0 Å². The quantitative estimate of drug-likeness (QED) is 0.315. The van der Waals surface area contributed by atoms with E-state index in [1.54, 1.807) is 0 Å². The van der Waals surface area contributed by atoms with Crippen LogP contribution in [0.15, 0.2) is 22.8 Å². The molecule has 0 aromatic heterocycles. The molecule has 128 valence electrons. The van der Waals surface area contributed by atoms with Crippen molar-refractivity contribution in [3.63, 3.8) is 0 Å². The maximum Gasteiger partial charge on any atom is 0.193 e. The van der Waals surface area contributed by atoms with Gasteiger partial charge in [-0.05, 0) is 42.5 Å². The van der Waals surface area contributed by atoms with Crippen LogP contribution in [0.1, 0.15) is 41.0 Å². The third kappa shape index (κ3) is 5.16. The zero-order chi connectivity index (χ0) is 17.2. The first kappa shape index (κ1) is 20.4. The monoisotopic (exact) mass is 438 g/mol. The van der Waals surface area contributed by atoms with E-state index in [-0.39, 0.29) is 23.4 Å². The number of ether oxygens (including phenoxy) is 2. The SMILES string of the molecule is C=C[C@H](O[Si](C)(C)C(C)(C)C)[C@H]1OC(C)(C)O[C@H]1C/C=C/I. The summed E-state index contributed by atoms with van der Waals surface area (Å²) < 4.78 is 20.7. The summed E-state index contributed by atoms with van der Waals surface area (Å²) >= 11 is 2.23. The van der Waals surface area contributed by atoms with Crippen LogP contribution in [0.2, 0.25) is 18.1 Å². The molecular formula is C17H31IO3Si. The Balaban J connectivity index is 2.94. The topological polar surface area (TPSA) is 27.7 Å². The fourth-order valence-electron chi connectivity index (χ4n) is 2.28. The number of rotatable bonds is 6. The second-order valence-corrected chi connectivity index (χ2v) is 13.3. The largest absolute Gasteiger partial charge is 0.408 e. The van der Waals surface area contributed by atoms with Gasteiger partial charge in [0.05, 0.1) is 12.2 Å². The van der Waals surface area contributed by atoms with Crippen LogP contribution in [0.3, 0.4) is 0 Å². The minimum absolute atomic E-state index is 0.00576. The van der Waals surface area contributed by atoms with Crippen molar-refractivity contribution in [3.05, 3.63) is 22.8 Å². The molecule has 1 saturated heterocycles. The van der Waals surface area contributed by atoms with E-state index in [2.05, 4.69) is 69.1 Å². The average molecular weight is 438 g/mol. The van der Waals surface area contributed by atoms with Crippen LogP contribution in [0.4, 0.5) is 0 Å². The molecule has 0 spiro atoms. The molecule has 0 radical (unpaired) electrons. The molecule has 0 unspecified atom stereocenters. The van der Waals surface area contributed by atoms with E-state index >= 15 is 0 Å². The van der Waals surface area contributed by atoms with Gasteiger partial charge in [-0.25, -0.2) is 0 Å². The van der Waals surface area contributed by atoms with Crippen molar-refractivity contribution >= 4 is 30.9 Å².